The second-order valence-electron chi connectivity index (χ2n) is 6.73. The lowest BCUT2D eigenvalue weighted by molar-refractivity contribution is -0.122. The number of nitrogens with zero attached hydrogens (tertiary/aromatic N) is 3. The van der Waals surface area contributed by atoms with Gasteiger partial charge in [-0.25, -0.2) is 8.42 Å². The fourth-order valence-corrected chi connectivity index (χ4v) is 4.75. The monoisotopic (exact) mass is 434 g/mol. The quantitative estimate of drug-likeness (QED) is 0.613. The van der Waals surface area contributed by atoms with Crippen LogP contribution in [0.2, 0.25) is 0 Å². The van der Waals surface area contributed by atoms with Crippen molar-refractivity contribution in [1.82, 2.24) is 15.5 Å². The first kappa shape index (κ1) is 21.0. The summed E-state index contributed by atoms with van der Waals surface area (Å²) < 4.78 is 31.2. The topological polar surface area (TPSA) is 105 Å². The lowest BCUT2D eigenvalue weighted by atomic mass is 10.1. The minimum Gasteiger partial charge on any atom is -0.345 e. The SMILES string of the molecule is Cc1ccc(C)c(N([C@@H](C)C(=O)NCc2nc(-c3cccs3)no2)S(C)(=O)=O)c1. The maximum absolute atomic E-state index is 12.7. The van der Waals surface area contributed by atoms with Gasteiger partial charge in [-0.3, -0.25) is 9.10 Å². The van der Waals surface area contributed by atoms with Crippen LogP contribution in [0.4, 0.5) is 5.69 Å². The third kappa shape index (κ3) is 4.83. The lowest BCUT2D eigenvalue weighted by Crippen LogP contribution is -2.48. The number of carbonyl (C=O) groups excluding carboxylic acids is 1. The molecule has 2 aromatic heterocycles. The van der Waals surface area contributed by atoms with E-state index in [1.807, 2.05) is 43.5 Å². The second-order valence-corrected chi connectivity index (χ2v) is 9.54. The molecule has 10 heteroatoms. The molecule has 1 amide bonds. The van der Waals surface area contributed by atoms with E-state index in [1.54, 1.807) is 13.0 Å². The number of anilines is 1. The summed E-state index contributed by atoms with van der Waals surface area (Å²) in [4.78, 5) is 17.8. The summed E-state index contributed by atoms with van der Waals surface area (Å²) in [6, 6.07) is 8.28. The van der Waals surface area contributed by atoms with Gasteiger partial charge in [0.2, 0.25) is 27.6 Å². The number of aryl methyl sites for hydroxylation is 2. The molecule has 0 unspecified atom stereocenters. The van der Waals surface area contributed by atoms with E-state index in [0.29, 0.717) is 11.5 Å². The zero-order valence-electron chi connectivity index (χ0n) is 16.5. The molecule has 0 aliphatic rings. The van der Waals surface area contributed by atoms with Crippen LogP contribution in [0.3, 0.4) is 0 Å². The summed E-state index contributed by atoms with van der Waals surface area (Å²) in [6.07, 6.45) is 1.09. The van der Waals surface area contributed by atoms with Gasteiger partial charge in [0, 0.05) is 0 Å². The number of sulfonamides is 1. The van der Waals surface area contributed by atoms with Crippen LogP contribution in [0.25, 0.3) is 10.7 Å². The van der Waals surface area contributed by atoms with Crippen LogP contribution in [0.15, 0.2) is 40.2 Å². The second kappa shape index (κ2) is 8.34. The number of aromatic nitrogens is 2. The Kier molecular flexibility index (Phi) is 6.04. The summed E-state index contributed by atoms with van der Waals surface area (Å²) in [5.41, 5.74) is 2.14. The Bertz CT molecular complexity index is 1110. The summed E-state index contributed by atoms with van der Waals surface area (Å²) in [7, 11) is -3.69. The molecule has 0 bridgehead atoms. The highest BCUT2D eigenvalue weighted by molar-refractivity contribution is 7.92. The Balaban J connectivity index is 1.75. The van der Waals surface area contributed by atoms with Crippen LogP contribution in [0, 0.1) is 13.8 Å². The smallest absolute Gasteiger partial charge is 0.246 e. The normalized spacial score (nSPS) is 12.6. The van der Waals surface area contributed by atoms with E-state index in [4.69, 9.17) is 4.52 Å². The van der Waals surface area contributed by atoms with Crippen LogP contribution >= 0.6 is 11.3 Å². The Morgan fingerprint density at radius 1 is 1.31 bits per heavy atom. The average molecular weight is 435 g/mol. The molecule has 2 heterocycles. The average Bonchev–Trinajstić information content (AvgIpc) is 3.32. The van der Waals surface area contributed by atoms with Gasteiger partial charge >= 0.3 is 0 Å². The molecule has 0 spiro atoms. The molecule has 0 radical (unpaired) electrons. The molecule has 1 atom stereocenters. The van der Waals surface area contributed by atoms with E-state index in [9.17, 15) is 13.2 Å². The molecule has 8 nitrogen and oxygen atoms in total. The summed E-state index contributed by atoms with van der Waals surface area (Å²) in [5.74, 6) is 0.226. The first-order chi connectivity index (χ1) is 13.7. The van der Waals surface area contributed by atoms with Crippen LogP contribution in [0.5, 0.6) is 0 Å². The highest BCUT2D eigenvalue weighted by Crippen LogP contribution is 2.26. The molecular formula is C19H22N4O4S2. The Morgan fingerprint density at radius 3 is 2.72 bits per heavy atom. The Hall–Kier alpha value is -2.72. The van der Waals surface area contributed by atoms with E-state index in [1.165, 1.54) is 11.3 Å². The van der Waals surface area contributed by atoms with Gasteiger partial charge < -0.3 is 9.84 Å². The number of rotatable bonds is 7. The molecule has 0 saturated heterocycles. The van der Waals surface area contributed by atoms with Crippen LogP contribution in [-0.4, -0.2) is 36.8 Å². The number of amides is 1. The van der Waals surface area contributed by atoms with E-state index in [2.05, 4.69) is 15.5 Å². The summed E-state index contributed by atoms with van der Waals surface area (Å²) in [6.45, 7) is 5.23. The molecule has 0 fully saturated rings. The highest BCUT2D eigenvalue weighted by Gasteiger charge is 2.30. The first-order valence-electron chi connectivity index (χ1n) is 8.87. The molecule has 3 aromatic rings. The lowest BCUT2D eigenvalue weighted by Gasteiger charge is -2.29. The van der Waals surface area contributed by atoms with Crippen LogP contribution < -0.4 is 9.62 Å². The van der Waals surface area contributed by atoms with Crippen molar-refractivity contribution >= 4 is 33.0 Å². The van der Waals surface area contributed by atoms with Gasteiger partial charge in [-0.15, -0.1) is 11.3 Å². The summed E-state index contributed by atoms with van der Waals surface area (Å²) in [5, 5.41) is 8.47. The van der Waals surface area contributed by atoms with E-state index >= 15 is 0 Å². The van der Waals surface area contributed by atoms with E-state index in [-0.39, 0.29) is 12.4 Å². The molecule has 0 aliphatic heterocycles. The Labute approximate surface area is 173 Å². The molecule has 0 saturated carbocycles. The van der Waals surface area contributed by atoms with E-state index < -0.39 is 22.0 Å². The molecule has 3 rings (SSSR count). The van der Waals surface area contributed by atoms with Crippen molar-refractivity contribution in [2.75, 3.05) is 10.6 Å². The van der Waals surface area contributed by atoms with Crippen molar-refractivity contribution in [2.45, 2.75) is 33.4 Å². The van der Waals surface area contributed by atoms with Crippen molar-refractivity contribution in [3.05, 3.63) is 52.7 Å². The van der Waals surface area contributed by atoms with Gasteiger partial charge in [-0.1, -0.05) is 23.4 Å². The number of carbonyl (C=O) groups is 1. The fraction of sp³-hybridized carbons (Fsp3) is 0.316. The molecule has 154 valence electrons. The largest absolute Gasteiger partial charge is 0.345 e. The summed E-state index contributed by atoms with van der Waals surface area (Å²) >= 11 is 1.48. The number of hydrogen-bond acceptors (Lipinski definition) is 7. The molecule has 0 aliphatic carbocycles. The van der Waals surface area contributed by atoms with Crippen LogP contribution in [-0.2, 0) is 21.4 Å². The Morgan fingerprint density at radius 2 is 2.07 bits per heavy atom. The molecule has 29 heavy (non-hydrogen) atoms. The zero-order valence-corrected chi connectivity index (χ0v) is 18.2. The van der Waals surface area contributed by atoms with Crippen molar-refractivity contribution in [1.29, 1.82) is 0 Å². The first-order valence-corrected chi connectivity index (χ1v) is 11.6. The van der Waals surface area contributed by atoms with Gasteiger partial charge in [0.05, 0.1) is 23.4 Å². The standard InChI is InChI=1S/C19H22N4O4S2/c1-12-7-8-13(2)15(10-12)23(29(4,25)26)14(3)19(24)20-11-17-21-18(22-27-17)16-6-5-9-28-16/h5-10,14H,11H2,1-4H3,(H,20,24)/t14-/m0/s1. The zero-order chi connectivity index (χ0) is 21.2. The molecular weight excluding hydrogens is 412 g/mol. The number of hydrogen-bond donors (Lipinski definition) is 1. The van der Waals surface area contributed by atoms with E-state index in [0.717, 1.165) is 26.6 Å². The van der Waals surface area contributed by atoms with Crippen molar-refractivity contribution < 1.29 is 17.7 Å². The maximum Gasteiger partial charge on any atom is 0.246 e. The van der Waals surface area contributed by atoms with Gasteiger partial charge in [0.25, 0.3) is 0 Å². The molecule has 1 N–H and O–H groups in total. The number of nitrogens with one attached hydrogen (secondary N) is 1. The number of benzene rings is 1. The predicted molar refractivity (Wildman–Crippen MR) is 112 cm³/mol. The predicted octanol–water partition coefficient (Wildman–Crippen LogP) is 2.89. The fourth-order valence-electron chi connectivity index (χ4n) is 2.88. The van der Waals surface area contributed by atoms with Gasteiger partial charge in [0.15, 0.2) is 0 Å². The number of thiophene rings is 1. The minimum atomic E-state index is -3.69. The third-order valence-electron chi connectivity index (χ3n) is 4.31. The minimum absolute atomic E-state index is 0.00590. The molecule has 1 aromatic carbocycles. The van der Waals surface area contributed by atoms with Gasteiger partial charge in [-0.05, 0) is 49.4 Å². The van der Waals surface area contributed by atoms with Crippen molar-refractivity contribution in [2.24, 2.45) is 0 Å². The van der Waals surface area contributed by atoms with Crippen molar-refractivity contribution in [3.63, 3.8) is 0 Å². The maximum atomic E-state index is 12.7. The van der Waals surface area contributed by atoms with Gasteiger partial charge in [0.1, 0.15) is 6.04 Å². The van der Waals surface area contributed by atoms with Crippen LogP contribution in [0.1, 0.15) is 23.9 Å². The highest BCUT2D eigenvalue weighted by atomic mass is 32.2. The van der Waals surface area contributed by atoms with Crippen molar-refractivity contribution in [3.8, 4) is 10.7 Å². The van der Waals surface area contributed by atoms with Gasteiger partial charge in [-0.2, -0.15) is 4.98 Å². The third-order valence-corrected chi connectivity index (χ3v) is 6.41.